The zero-order chi connectivity index (χ0) is 33.0. The number of thiophene rings is 1. The predicted molar refractivity (Wildman–Crippen MR) is 203 cm³/mol. The number of para-hydroxylation sites is 1. The number of fused-ring (bicyclic) bond motifs is 6. The molecule has 10 aromatic rings. The summed E-state index contributed by atoms with van der Waals surface area (Å²) in [7, 11) is 0. The summed E-state index contributed by atoms with van der Waals surface area (Å²) >= 11 is 1.76. The first-order valence-corrected chi connectivity index (χ1v) is 17.2. The van der Waals surface area contributed by atoms with Gasteiger partial charge in [0.05, 0.1) is 0 Å². The highest BCUT2D eigenvalue weighted by Crippen LogP contribution is 2.43. The van der Waals surface area contributed by atoms with E-state index in [1.807, 2.05) is 109 Å². The van der Waals surface area contributed by atoms with Crippen molar-refractivity contribution in [2.45, 2.75) is 0 Å². The van der Waals surface area contributed by atoms with Crippen molar-refractivity contribution < 1.29 is 4.42 Å². The largest absolute Gasteiger partial charge is 0.452 e. The zero-order valence-corrected chi connectivity index (χ0v) is 27.3. The first-order valence-electron chi connectivity index (χ1n) is 16.3. The smallest absolute Gasteiger partial charge is 0.180 e. The van der Waals surface area contributed by atoms with E-state index in [2.05, 4.69) is 42.5 Å². The van der Waals surface area contributed by atoms with Crippen LogP contribution in [0.25, 0.3) is 99.1 Å². The van der Waals surface area contributed by atoms with Crippen LogP contribution in [0.1, 0.15) is 0 Å². The van der Waals surface area contributed by atoms with Gasteiger partial charge < -0.3 is 4.42 Å². The van der Waals surface area contributed by atoms with Crippen LogP contribution in [-0.2, 0) is 0 Å². The normalized spacial score (nSPS) is 11.6. The van der Waals surface area contributed by atoms with Crippen LogP contribution in [0.3, 0.4) is 0 Å². The maximum atomic E-state index is 6.46. The van der Waals surface area contributed by atoms with Crippen molar-refractivity contribution in [1.29, 1.82) is 0 Å². The number of nitrogens with zero attached hydrogens (tertiary/aromatic N) is 5. The molecule has 7 heteroatoms. The van der Waals surface area contributed by atoms with E-state index in [1.165, 1.54) is 0 Å². The van der Waals surface area contributed by atoms with Crippen molar-refractivity contribution in [1.82, 2.24) is 24.9 Å². The van der Waals surface area contributed by atoms with Gasteiger partial charge in [-0.3, -0.25) is 0 Å². The summed E-state index contributed by atoms with van der Waals surface area (Å²) in [6.07, 6.45) is 0. The fraction of sp³-hybridized carbons (Fsp3) is 0. The fourth-order valence-corrected chi connectivity index (χ4v) is 7.70. The number of aromatic nitrogens is 5. The third kappa shape index (κ3) is 4.75. The van der Waals surface area contributed by atoms with Gasteiger partial charge in [-0.25, -0.2) is 24.9 Å². The van der Waals surface area contributed by atoms with Crippen molar-refractivity contribution in [3.63, 3.8) is 0 Å². The van der Waals surface area contributed by atoms with E-state index in [-0.39, 0.29) is 0 Å². The summed E-state index contributed by atoms with van der Waals surface area (Å²) in [6.45, 7) is 0. The Balaban J connectivity index is 1.22. The highest BCUT2D eigenvalue weighted by atomic mass is 32.1. The molecule has 4 aromatic heterocycles. The average molecular weight is 660 g/mol. The van der Waals surface area contributed by atoms with Crippen molar-refractivity contribution in [2.75, 3.05) is 0 Å². The molecule has 6 aromatic carbocycles. The Kier molecular flexibility index (Phi) is 6.57. The van der Waals surface area contributed by atoms with Crippen molar-refractivity contribution in [2.24, 2.45) is 0 Å². The molecule has 0 bridgehead atoms. The molecule has 0 N–H and O–H groups in total. The SMILES string of the molecule is c1ccc(-c2nc(-c3ccccc3)nc(-c3cccc4sc5ccc(-c6nc(-c7ccccc7)nc7c6oc6ccccc67)cc5c34)n2)cc1. The number of rotatable bonds is 5. The lowest BCUT2D eigenvalue weighted by atomic mass is 10.0. The van der Waals surface area contributed by atoms with Crippen LogP contribution >= 0.6 is 11.3 Å². The Morgan fingerprint density at radius 3 is 1.70 bits per heavy atom. The lowest BCUT2D eigenvalue weighted by Gasteiger charge is -2.10. The molecule has 0 fully saturated rings. The number of hydrogen-bond acceptors (Lipinski definition) is 7. The lowest BCUT2D eigenvalue weighted by Crippen LogP contribution is -2.00. The molecule has 0 amide bonds. The van der Waals surface area contributed by atoms with Gasteiger partial charge >= 0.3 is 0 Å². The molecule has 0 aliphatic rings. The molecule has 50 heavy (non-hydrogen) atoms. The second-order valence-electron chi connectivity index (χ2n) is 12.1. The third-order valence-corrected chi connectivity index (χ3v) is 10.1. The minimum Gasteiger partial charge on any atom is -0.452 e. The van der Waals surface area contributed by atoms with Crippen molar-refractivity contribution >= 4 is 53.6 Å². The zero-order valence-electron chi connectivity index (χ0n) is 26.5. The van der Waals surface area contributed by atoms with Crippen LogP contribution < -0.4 is 0 Å². The van der Waals surface area contributed by atoms with Crippen LogP contribution in [0.15, 0.2) is 156 Å². The minimum atomic E-state index is 0.626. The average Bonchev–Trinajstić information content (AvgIpc) is 3.76. The summed E-state index contributed by atoms with van der Waals surface area (Å²) in [6, 6.07) is 51.1. The van der Waals surface area contributed by atoms with E-state index in [4.69, 9.17) is 29.3 Å². The number of benzene rings is 6. The van der Waals surface area contributed by atoms with E-state index < -0.39 is 0 Å². The van der Waals surface area contributed by atoms with Gasteiger partial charge in [0.2, 0.25) is 0 Å². The van der Waals surface area contributed by atoms with Crippen LogP contribution in [0.2, 0.25) is 0 Å². The second-order valence-corrected chi connectivity index (χ2v) is 13.2. The lowest BCUT2D eigenvalue weighted by molar-refractivity contribution is 0.667. The molecule has 0 spiro atoms. The molecule has 234 valence electrons. The summed E-state index contributed by atoms with van der Waals surface area (Å²) in [5, 5.41) is 3.16. The Hall–Kier alpha value is -6.57. The molecule has 0 aliphatic heterocycles. The van der Waals surface area contributed by atoms with Gasteiger partial charge in [-0.15, -0.1) is 11.3 Å². The first-order chi connectivity index (χ1) is 24.8. The minimum absolute atomic E-state index is 0.626. The first kappa shape index (κ1) is 28.4. The molecule has 6 nitrogen and oxygen atoms in total. The fourth-order valence-electron chi connectivity index (χ4n) is 6.59. The molecular weight excluding hydrogens is 635 g/mol. The Morgan fingerprint density at radius 1 is 0.420 bits per heavy atom. The highest BCUT2D eigenvalue weighted by Gasteiger charge is 2.21. The van der Waals surface area contributed by atoms with Gasteiger partial charge in [0.15, 0.2) is 28.9 Å². The number of hydrogen-bond donors (Lipinski definition) is 0. The van der Waals surface area contributed by atoms with Gasteiger partial charge in [0.1, 0.15) is 16.8 Å². The monoisotopic (exact) mass is 659 g/mol. The Labute approximate surface area is 290 Å². The standard InChI is InChI=1S/C43H25N5OS/c1-4-13-26(14-5-1)40-44-37(39-38(45-40)30-19-10-11-21-33(30)49-39)29-23-24-34-32(25-29)36-31(20-12-22-35(36)50-34)43-47-41(27-15-6-2-7-16-27)46-42(48-43)28-17-8-3-9-18-28/h1-25H. The molecule has 10 rings (SSSR count). The molecule has 0 saturated heterocycles. The highest BCUT2D eigenvalue weighted by molar-refractivity contribution is 7.26. The van der Waals surface area contributed by atoms with E-state index in [9.17, 15) is 0 Å². The maximum absolute atomic E-state index is 6.46. The Bertz CT molecular complexity index is 2810. The summed E-state index contributed by atoms with van der Waals surface area (Å²) in [5.41, 5.74) is 7.72. The molecule has 4 heterocycles. The van der Waals surface area contributed by atoms with E-state index in [1.54, 1.807) is 11.3 Å². The van der Waals surface area contributed by atoms with Gasteiger partial charge in [-0.05, 0) is 30.3 Å². The van der Waals surface area contributed by atoms with Crippen LogP contribution in [0, 0.1) is 0 Å². The molecule has 0 aliphatic carbocycles. The molecule has 0 atom stereocenters. The van der Waals surface area contributed by atoms with Crippen LogP contribution in [0.5, 0.6) is 0 Å². The number of furan rings is 1. The van der Waals surface area contributed by atoms with Gasteiger partial charge in [-0.1, -0.05) is 121 Å². The molecule has 0 radical (unpaired) electrons. The van der Waals surface area contributed by atoms with E-state index in [0.717, 1.165) is 70.2 Å². The quantitative estimate of drug-likeness (QED) is 0.183. The van der Waals surface area contributed by atoms with Crippen LogP contribution in [0.4, 0.5) is 0 Å². The van der Waals surface area contributed by atoms with Gasteiger partial charge in [0, 0.05) is 53.4 Å². The van der Waals surface area contributed by atoms with Gasteiger partial charge in [0.25, 0.3) is 0 Å². The van der Waals surface area contributed by atoms with Gasteiger partial charge in [-0.2, -0.15) is 0 Å². The van der Waals surface area contributed by atoms with Crippen LogP contribution in [-0.4, -0.2) is 24.9 Å². The van der Waals surface area contributed by atoms with E-state index in [0.29, 0.717) is 28.9 Å². The van der Waals surface area contributed by atoms with Crippen molar-refractivity contribution in [3.05, 3.63) is 152 Å². The molecular formula is C43H25N5OS. The predicted octanol–water partition coefficient (Wildman–Crippen LogP) is 11.3. The second kappa shape index (κ2) is 11.5. The summed E-state index contributed by atoms with van der Waals surface area (Å²) < 4.78 is 8.78. The maximum Gasteiger partial charge on any atom is 0.180 e. The Morgan fingerprint density at radius 2 is 1.02 bits per heavy atom. The van der Waals surface area contributed by atoms with E-state index >= 15 is 0 Å². The molecule has 0 unspecified atom stereocenters. The molecule has 0 saturated carbocycles. The summed E-state index contributed by atoms with van der Waals surface area (Å²) in [5.74, 6) is 2.55. The van der Waals surface area contributed by atoms with Crippen molar-refractivity contribution in [3.8, 4) is 56.8 Å². The third-order valence-electron chi connectivity index (χ3n) is 8.96. The topological polar surface area (TPSA) is 77.6 Å². The summed E-state index contributed by atoms with van der Waals surface area (Å²) in [4.78, 5) is 25.2.